The lowest BCUT2D eigenvalue weighted by Gasteiger charge is -2.09. The molecule has 1 N–H and O–H groups in total. The summed E-state index contributed by atoms with van der Waals surface area (Å²) in [5, 5.41) is 7.72. The lowest BCUT2D eigenvalue weighted by atomic mass is 10.2. The maximum absolute atomic E-state index is 7.72. The van der Waals surface area contributed by atoms with E-state index >= 15 is 0 Å². The van der Waals surface area contributed by atoms with Crippen molar-refractivity contribution in [2.45, 2.75) is 39.5 Å². The Labute approximate surface area is 110 Å². The molecule has 0 spiro atoms. The largest absolute Gasteiger partial charge is 0.494 e. The Hall–Kier alpha value is -1.51. The molecule has 18 heavy (non-hydrogen) atoms. The first-order valence-electron chi connectivity index (χ1n) is 6.72. The molecule has 0 bridgehead atoms. The number of unbranched alkanes of at least 4 members (excludes halogenated alkanes) is 3. The average molecular weight is 249 g/mol. The van der Waals surface area contributed by atoms with Gasteiger partial charge in [0.1, 0.15) is 5.75 Å². The molecule has 1 aromatic carbocycles. The second kappa shape index (κ2) is 8.56. The molecule has 0 radical (unpaired) electrons. The molecule has 1 aromatic rings. The zero-order valence-corrected chi connectivity index (χ0v) is 11.4. The van der Waals surface area contributed by atoms with Crippen LogP contribution in [0.2, 0.25) is 0 Å². The molecule has 0 heterocycles. The van der Waals surface area contributed by atoms with Crippen molar-refractivity contribution in [2.24, 2.45) is 0 Å². The van der Waals surface area contributed by atoms with Gasteiger partial charge in [-0.1, -0.05) is 32.3 Å². The Bertz CT molecular complexity index is 363. The van der Waals surface area contributed by atoms with Gasteiger partial charge >= 0.3 is 0 Å². The van der Waals surface area contributed by atoms with Crippen molar-refractivity contribution in [2.75, 3.05) is 13.2 Å². The number of hydrogen-bond acceptors (Lipinski definition) is 3. The first-order valence-corrected chi connectivity index (χ1v) is 6.72. The summed E-state index contributed by atoms with van der Waals surface area (Å²) in [5.41, 5.74) is 0.767. The van der Waals surface area contributed by atoms with Crippen LogP contribution >= 0.6 is 0 Å². The third kappa shape index (κ3) is 5.21. The fourth-order valence-electron chi connectivity index (χ4n) is 1.67. The van der Waals surface area contributed by atoms with Gasteiger partial charge < -0.3 is 9.47 Å². The van der Waals surface area contributed by atoms with Gasteiger partial charge in [-0.25, -0.2) is 0 Å². The molecule has 100 valence electrons. The minimum absolute atomic E-state index is 0.203. The van der Waals surface area contributed by atoms with Gasteiger partial charge in [0.15, 0.2) is 0 Å². The summed E-state index contributed by atoms with van der Waals surface area (Å²) in [6, 6.07) is 7.53. The van der Waals surface area contributed by atoms with Gasteiger partial charge in [0, 0.05) is 5.56 Å². The summed E-state index contributed by atoms with van der Waals surface area (Å²) >= 11 is 0. The van der Waals surface area contributed by atoms with E-state index in [2.05, 4.69) is 6.92 Å². The lowest BCUT2D eigenvalue weighted by Crippen LogP contribution is -2.05. The molecule has 3 nitrogen and oxygen atoms in total. The van der Waals surface area contributed by atoms with Crippen LogP contribution in [0.15, 0.2) is 24.3 Å². The summed E-state index contributed by atoms with van der Waals surface area (Å²) in [4.78, 5) is 0. The van der Waals surface area contributed by atoms with Crippen LogP contribution in [0.3, 0.4) is 0 Å². The molecule has 0 unspecified atom stereocenters. The normalized spacial score (nSPS) is 10.1. The second-order valence-electron chi connectivity index (χ2n) is 4.20. The quantitative estimate of drug-likeness (QED) is 0.430. The number of nitrogens with one attached hydrogen (secondary N) is 1. The Balaban J connectivity index is 2.42. The summed E-state index contributed by atoms with van der Waals surface area (Å²) < 4.78 is 10.8. The van der Waals surface area contributed by atoms with Crippen molar-refractivity contribution in [3.05, 3.63) is 29.8 Å². The van der Waals surface area contributed by atoms with E-state index in [1.54, 1.807) is 0 Å². The molecule has 1 rings (SSSR count). The summed E-state index contributed by atoms with van der Waals surface area (Å²) in [5.74, 6) is 1.02. The average Bonchev–Trinajstić information content (AvgIpc) is 2.39. The molecule has 0 aliphatic carbocycles. The van der Waals surface area contributed by atoms with Gasteiger partial charge in [-0.05, 0) is 31.5 Å². The molecule has 0 fully saturated rings. The van der Waals surface area contributed by atoms with E-state index in [0.29, 0.717) is 6.61 Å². The van der Waals surface area contributed by atoms with E-state index < -0.39 is 0 Å². The van der Waals surface area contributed by atoms with Crippen molar-refractivity contribution in [1.82, 2.24) is 0 Å². The molecule has 0 aliphatic heterocycles. The monoisotopic (exact) mass is 249 g/mol. The van der Waals surface area contributed by atoms with Crippen LogP contribution in [0.25, 0.3) is 0 Å². The Morgan fingerprint density at radius 1 is 1.17 bits per heavy atom. The fraction of sp³-hybridized carbons (Fsp3) is 0.533. The Morgan fingerprint density at radius 2 is 2.00 bits per heavy atom. The van der Waals surface area contributed by atoms with E-state index in [1.165, 1.54) is 19.3 Å². The zero-order chi connectivity index (χ0) is 13.2. The van der Waals surface area contributed by atoms with Crippen molar-refractivity contribution in [1.29, 1.82) is 5.41 Å². The third-order valence-corrected chi connectivity index (χ3v) is 2.65. The first-order chi connectivity index (χ1) is 8.77. The zero-order valence-electron chi connectivity index (χ0n) is 11.4. The number of benzene rings is 1. The maximum Gasteiger partial charge on any atom is 0.213 e. The molecular formula is C15H23NO2. The molecule has 3 heteroatoms. The highest BCUT2D eigenvalue weighted by molar-refractivity contribution is 5.91. The minimum Gasteiger partial charge on any atom is -0.494 e. The summed E-state index contributed by atoms with van der Waals surface area (Å²) in [7, 11) is 0. The molecule has 0 amide bonds. The van der Waals surface area contributed by atoms with E-state index in [-0.39, 0.29) is 5.90 Å². The topological polar surface area (TPSA) is 42.3 Å². The second-order valence-corrected chi connectivity index (χ2v) is 4.20. The fourth-order valence-corrected chi connectivity index (χ4v) is 1.67. The van der Waals surface area contributed by atoms with Gasteiger partial charge in [-0.15, -0.1) is 0 Å². The minimum atomic E-state index is 0.203. The Kier molecular flexibility index (Phi) is 6.92. The summed E-state index contributed by atoms with van der Waals surface area (Å²) in [6.07, 6.45) is 4.80. The van der Waals surface area contributed by atoms with Crippen LogP contribution < -0.4 is 4.74 Å². The number of ether oxygens (including phenoxy) is 2. The van der Waals surface area contributed by atoms with Crippen LogP contribution in [0.4, 0.5) is 0 Å². The molecule has 0 saturated carbocycles. The first kappa shape index (κ1) is 14.6. The van der Waals surface area contributed by atoms with E-state index in [1.807, 2.05) is 31.2 Å². The van der Waals surface area contributed by atoms with Gasteiger partial charge in [0.05, 0.1) is 13.2 Å². The highest BCUT2D eigenvalue weighted by Gasteiger charge is 2.03. The van der Waals surface area contributed by atoms with Crippen LogP contribution in [-0.2, 0) is 4.74 Å². The van der Waals surface area contributed by atoms with Crippen LogP contribution in [0.1, 0.15) is 45.1 Å². The highest BCUT2D eigenvalue weighted by Crippen LogP contribution is 2.15. The molecule has 0 aliphatic rings. The molecule has 0 atom stereocenters. The smallest absolute Gasteiger partial charge is 0.213 e. The van der Waals surface area contributed by atoms with E-state index in [4.69, 9.17) is 14.9 Å². The molecule has 0 saturated heterocycles. The SMILES string of the molecule is CCCCCCOc1cccc(C(=N)OCC)c1. The van der Waals surface area contributed by atoms with Crippen molar-refractivity contribution in [3.8, 4) is 5.75 Å². The van der Waals surface area contributed by atoms with Gasteiger partial charge in [-0.2, -0.15) is 0 Å². The number of hydrogen-bond donors (Lipinski definition) is 1. The lowest BCUT2D eigenvalue weighted by molar-refractivity contribution is 0.304. The maximum atomic E-state index is 7.72. The van der Waals surface area contributed by atoms with Gasteiger partial charge in [0.25, 0.3) is 0 Å². The van der Waals surface area contributed by atoms with E-state index in [0.717, 1.165) is 24.3 Å². The van der Waals surface area contributed by atoms with Crippen LogP contribution in [0, 0.1) is 5.41 Å². The predicted octanol–water partition coefficient (Wildman–Crippen LogP) is 4.01. The van der Waals surface area contributed by atoms with Crippen molar-refractivity contribution in [3.63, 3.8) is 0 Å². The van der Waals surface area contributed by atoms with Crippen LogP contribution in [0.5, 0.6) is 5.75 Å². The standard InChI is InChI=1S/C15H23NO2/c1-3-5-6-7-11-18-14-10-8-9-13(12-14)15(16)17-4-2/h8-10,12,16H,3-7,11H2,1-2H3. The summed E-state index contributed by atoms with van der Waals surface area (Å²) in [6.45, 7) is 5.33. The molecule has 0 aromatic heterocycles. The molecular weight excluding hydrogens is 226 g/mol. The highest BCUT2D eigenvalue weighted by atomic mass is 16.5. The predicted molar refractivity (Wildman–Crippen MR) is 74.5 cm³/mol. The van der Waals surface area contributed by atoms with Crippen molar-refractivity contribution >= 4 is 5.90 Å². The van der Waals surface area contributed by atoms with Crippen LogP contribution in [-0.4, -0.2) is 19.1 Å². The van der Waals surface area contributed by atoms with E-state index in [9.17, 15) is 0 Å². The number of rotatable bonds is 8. The Morgan fingerprint density at radius 3 is 2.72 bits per heavy atom. The van der Waals surface area contributed by atoms with Gasteiger partial charge in [0.2, 0.25) is 5.90 Å². The van der Waals surface area contributed by atoms with Crippen molar-refractivity contribution < 1.29 is 9.47 Å². The van der Waals surface area contributed by atoms with Gasteiger partial charge in [-0.3, -0.25) is 5.41 Å². The third-order valence-electron chi connectivity index (χ3n) is 2.65.